The smallest absolute Gasteiger partial charge is 0.292 e. The van der Waals surface area contributed by atoms with Crippen LogP contribution in [0.5, 0.6) is 0 Å². The van der Waals surface area contributed by atoms with Crippen LogP contribution in [0.25, 0.3) is 0 Å². The van der Waals surface area contributed by atoms with E-state index in [0.717, 1.165) is 16.0 Å². The second-order valence-corrected chi connectivity index (χ2v) is 5.79. The third-order valence-electron chi connectivity index (χ3n) is 4.07. The number of hydrogen-bond acceptors (Lipinski definition) is 4. The van der Waals surface area contributed by atoms with Gasteiger partial charge in [-0.25, -0.2) is 9.69 Å². The summed E-state index contributed by atoms with van der Waals surface area (Å²) in [5.74, 6) is -2.26. The number of imide groups is 2. The Bertz CT molecular complexity index is 861. The van der Waals surface area contributed by atoms with Crippen molar-refractivity contribution < 1.29 is 19.2 Å². The maximum Gasteiger partial charge on any atom is 0.334 e. The molecule has 3 rings (SSSR count). The van der Waals surface area contributed by atoms with Gasteiger partial charge in [0.2, 0.25) is 0 Å². The fourth-order valence-electron chi connectivity index (χ4n) is 2.71. The summed E-state index contributed by atoms with van der Waals surface area (Å²) < 4.78 is 0. The topological polar surface area (TPSA) is 74.8 Å². The normalized spacial score (nSPS) is 14.4. The fourth-order valence-corrected chi connectivity index (χ4v) is 2.71. The maximum atomic E-state index is 12.4. The largest absolute Gasteiger partial charge is 0.334 e. The maximum absolute atomic E-state index is 12.4. The average molecular weight is 336 g/mol. The summed E-state index contributed by atoms with van der Waals surface area (Å²) in [6.45, 7) is 1.33. The third kappa shape index (κ3) is 3.19. The van der Waals surface area contributed by atoms with Crippen molar-refractivity contribution in [2.24, 2.45) is 0 Å². The van der Waals surface area contributed by atoms with E-state index in [-0.39, 0.29) is 12.3 Å². The first-order chi connectivity index (χ1) is 12.0. The molecule has 1 aliphatic heterocycles. The summed E-state index contributed by atoms with van der Waals surface area (Å²) in [6, 6.07) is 15.0. The predicted molar refractivity (Wildman–Crippen MR) is 89.6 cm³/mol. The summed E-state index contributed by atoms with van der Waals surface area (Å²) >= 11 is 0. The molecule has 0 radical (unpaired) electrons. The third-order valence-corrected chi connectivity index (χ3v) is 4.07. The van der Waals surface area contributed by atoms with Gasteiger partial charge in [0.05, 0.1) is 13.1 Å². The first-order valence-electron chi connectivity index (χ1n) is 7.79. The summed E-state index contributed by atoms with van der Waals surface area (Å²) in [5.41, 5.74) is 1.90. The predicted octanol–water partition coefficient (Wildman–Crippen LogP) is 2.17. The number of benzene rings is 2. The van der Waals surface area contributed by atoms with E-state index in [1.165, 1.54) is 0 Å². The van der Waals surface area contributed by atoms with Gasteiger partial charge in [-0.3, -0.25) is 19.3 Å². The van der Waals surface area contributed by atoms with E-state index < -0.39 is 24.4 Å². The molecule has 1 fully saturated rings. The molecule has 0 N–H and O–H groups in total. The Morgan fingerprint density at radius 3 is 2.12 bits per heavy atom. The van der Waals surface area contributed by atoms with Crippen molar-refractivity contribution in [1.29, 1.82) is 0 Å². The zero-order chi connectivity index (χ0) is 18.0. The molecule has 0 unspecified atom stereocenters. The fraction of sp³-hybridized carbons (Fsp3) is 0.158. The Morgan fingerprint density at radius 1 is 0.840 bits per heavy atom. The minimum atomic E-state index is -0.970. The van der Waals surface area contributed by atoms with Gasteiger partial charge >= 0.3 is 17.8 Å². The molecule has 126 valence electrons. The lowest BCUT2D eigenvalue weighted by atomic mass is 10.0. The lowest BCUT2D eigenvalue weighted by Gasteiger charge is -2.15. The molecule has 2 aromatic rings. The molecule has 1 saturated heterocycles. The number of amides is 4. The molecule has 0 atom stereocenters. The zero-order valence-corrected chi connectivity index (χ0v) is 13.6. The minimum absolute atomic E-state index is 0.000693. The molecule has 0 spiro atoms. The van der Waals surface area contributed by atoms with Crippen LogP contribution < -0.4 is 0 Å². The van der Waals surface area contributed by atoms with Crippen molar-refractivity contribution in [3.63, 3.8) is 0 Å². The number of ketones is 1. The second-order valence-electron chi connectivity index (χ2n) is 5.79. The highest BCUT2D eigenvalue weighted by atomic mass is 16.2. The van der Waals surface area contributed by atoms with E-state index in [0.29, 0.717) is 10.5 Å². The summed E-state index contributed by atoms with van der Waals surface area (Å²) in [7, 11) is 0. The molecule has 2 aromatic carbocycles. The van der Waals surface area contributed by atoms with Crippen LogP contribution in [-0.2, 0) is 16.1 Å². The number of aryl methyl sites for hydroxylation is 1. The van der Waals surface area contributed by atoms with E-state index >= 15 is 0 Å². The van der Waals surface area contributed by atoms with Crippen LogP contribution in [0.2, 0.25) is 0 Å². The highest BCUT2D eigenvalue weighted by molar-refractivity contribution is 6.45. The van der Waals surface area contributed by atoms with Gasteiger partial charge in [-0.05, 0) is 18.1 Å². The molecule has 1 aliphatic rings. The van der Waals surface area contributed by atoms with E-state index in [1.54, 1.807) is 55.5 Å². The van der Waals surface area contributed by atoms with Gasteiger partial charge in [-0.2, -0.15) is 0 Å². The molecule has 4 amide bonds. The minimum Gasteiger partial charge on any atom is -0.292 e. The van der Waals surface area contributed by atoms with Crippen molar-refractivity contribution >= 4 is 23.6 Å². The van der Waals surface area contributed by atoms with Crippen molar-refractivity contribution in [2.45, 2.75) is 13.5 Å². The highest BCUT2D eigenvalue weighted by Crippen LogP contribution is 2.17. The standard InChI is InChI=1S/C19H16N2O4/c1-13-7-5-6-10-15(13)16(22)12-21-18(24)17(23)20(19(21)25)11-14-8-3-2-4-9-14/h2-10H,11-12H2,1H3. The van der Waals surface area contributed by atoms with Crippen LogP contribution in [0.3, 0.4) is 0 Å². The van der Waals surface area contributed by atoms with Gasteiger partial charge in [0, 0.05) is 5.56 Å². The van der Waals surface area contributed by atoms with Crippen molar-refractivity contribution in [3.05, 3.63) is 71.3 Å². The number of Topliss-reactive ketones (excluding diaryl/α,β-unsaturated/α-hetero) is 1. The van der Waals surface area contributed by atoms with E-state index in [2.05, 4.69) is 0 Å². The molecule has 6 nitrogen and oxygen atoms in total. The van der Waals surface area contributed by atoms with Crippen LogP contribution in [0, 0.1) is 6.92 Å². The molecule has 0 aliphatic carbocycles. The van der Waals surface area contributed by atoms with Crippen LogP contribution in [-0.4, -0.2) is 40.0 Å². The monoisotopic (exact) mass is 336 g/mol. The molecule has 0 saturated carbocycles. The van der Waals surface area contributed by atoms with Crippen molar-refractivity contribution in [1.82, 2.24) is 9.80 Å². The number of hydrogen-bond donors (Lipinski definition) is 0. The Balaban J connectivity index is 1.78. The van der Waals surface area contributed by atoms with Gasteiger partial charge in [0.25, 0.3) is 0 Å². The molecular formula is C19H16N2O4. The lowest BCUT2D eigenvalue weighted by molar-refractivity contribution is -0.143. The van der Waals surface area contributed by atoms with Crippen LogP contribution in [0.4, 0.5) is 4.79 Å². The molecular weight excluding hydrogens is 320 g/mol. The van der Waals surface area contributed by atoms with E-state index in [9.17, 15) is 19.2 Å². The molecule has 25 heavy (non-hydrogen) atoms. The SMILES string of the molecule is Cc1ccccc1C(=O)CN1C(=O)C(=O)N(Cc2ccccc2)C1=O. The summed E-state index contributed by atoms with van der Waals surface area (Å²) in [6.07, 6.45) is 0. The van der Waals surface area contributed by atoms with Crippen LogP contribution in [0.1, 0.15) is 21.5 Å². The molecule has 0 bridgehead atoms. The summed E-state index contributed by atoms with van der Waals surface area (Å²) in [5, 5.41) is 0. The number of nitrogens with zero attached hydrogens (tertiary/aromatic N) is 2. The van der Waals surface area contributed by atoms with E-state index in [1.807, 2.05) is 6.07 Å². The van der Waals surface area contributed by atoms with Crippen molar-refractivity contribution in [2.75, 3.05) is 6.54 Å². The summed E-state index contributed by atoms with van der Waals surface area (Å²) in [4.78, 5) is 50.7. The quantitative estimate of drug-likeness (QED) is 0.476. The van der Waals surface area contributed by atoms with E-state index in [4.69, 9.17) is 0 Å². The molecule has 6 heteroatoms. The van der Waals surface area contributed by atoms with Gasteiger partial charge in [-0.1, -0.05) is 54.6 Å². The first kappa shape index (κ1) is 16.6. The molecule has 0 aromatic heterocycles. The van der Waals surface area contributed by atoms with Gasteiger partial charge < -0.3 is 0 Å². The zero-order valence-electron chi connectivity index (χ0n) is 13.6. The number of carbonyl (C=O) groups is 4. The van der Waals surface area contributed by atoms with Crippen LogP contribution >= 0.6 is 0 Å². The number of carbonyl (C=O) groups excluding carboxylic acids is 4. The lowest BCUT2D eigenvalue weighted by Crippen LogP contribution is -2.37. The molecule has 1 heterocycles. The Kier molecular flexibility index (Phi) is 4.43. The van der Waals surface area contributed by atoms with Crippen LogP contribution in [0.15, 0.2) is 54.6 Å². The number of urea groups is 1. The Hall–Kier alpha value is -3.28. The van der Waals surface area contributed by atoms with Gasteiger partial charge in [0.15, 0.2) is 5.78 Å². The van der Waals surface area contributed by atoms with Crippen molar-refractivity contribution in [3.8, 4) is 0 Å². The first-order valence-corrected chi connectivity index (χ1v) is 7.79. The van der Waals surface area contributed by atoms with Gasteiger partial charge in [0.1, 0.15) is 0 Å². The highest BCUT2D eigenvalue weighted by Gasteiger charge is 2.45. The number of rotatable bonds is 5. The average Bonchev–Trinajstić information content (AvgIpc) is 2.81. The Morgan fingerprint density at radius 2 is 1.44 bits per heavy atom. The Labute approximate surface area is 144 Å². The van der Waals surface area contributed by atoms with Gasteiger partial charge in [-0.15, -0.1) is 0 Å². The second kappa shape index (κ2) is 6.68.